The lowest BCUT2D eigenvalue weighted by atomic mass is 10.1. The Morgan fingerprint density at radius 1 is 1.21 bits per heavy atom. The molecule has 0 bridgehead atoms. The van der Waals surface area contributed by atoms with Crippen LogP contribution in [0, 0.1) is 5.92 Å². The molecule has 0 aromatic rings. The largest absolute Gasteiger partial charge is 0.377 e. The molecule has 2 aliphatic rings. The first-order valence-corrected chi connectivity index (χ1v) is 8.25. The lowest BCUT2D eigenvalue weighted by Gasteiger charge is -2.30. The van der Waals surface area contributed by atoms with E-state index in [1.54, 1.807) is 0 Å². The van der Waals surface area contributed by atoms with Crippen LogP contribution in [0.5, 0.6) is 0 Å². The first-order valence-electron chi connectivity index (χ1n) is 8.25. The number of rotatable bonds is 9. The molecule has 2 fully saturated rings. The van der Waals surface area contributed by atoms with Gasteiger partial charge in [-0.2, -0.15) is 0 Å². The molecule has 1 aliphatic carbocycles. The van der Waals surface area contributed by atoms with E-state index in [9.17, 15) is 0 Å². The maximum atomic E-state index is 5.66. The van der Waals surface area contributed by atoms with E-state index >= 15 is 0 Å². The highest BCUT2D eigenvalue weighted by Gasteiger charge is 2.31. The van der Waals surface area contributed by atoms with Crippen LogP contribution in [0.3, 0.4) is 0 Å². The molecular weight excluding hydrogens is 236 g/mol. The Labute approximate surface area is 119 Å². The van der Waals surface area contributed by atoms with Crippen LogP contribution in [-0.2, 0) is 4.74 Å². The van der Waals surface area contributed by atoms with E-state index in [1.165, 1.54) is 38.6 Å². The molecule has 19 heavy (non-hydrogen) atoms. The smallest absolute Gasteiger partial charge is 0.0700 e. The second kappa shape index (κ2) is 7.61. The zero-order chi connectivity index (χ0) is 13.7. The van der Waals surface area contributed by atoms with Crippen molar-refractivity contribution in [1.29, 1.82) is 0 Å². The fourth-order valence-corrected chi connectivity index (χ4v) is 2.95. The summed E-state index contributed by atoms with van der Waals surface area (Å²) in [7, 11) is 0. The molecule has 3 heteroatoms. The van der Waals surface area contributed by atoms with Gasteiger partial charge < -0.3 is 10.1 Å². The van der Waals surface area contributed by atoms with E-state index < -0.39 is 0 Å². The van der Waals surface area contributed by atoms with Crippen molar-refractivity contribution in [2.75, 3.05) is 26.2 Å². The van der Waals surface area contributed by atoms with Gasteiger partial charge >= 0.3 is 0 Å². The number of hydrogen-bond acceptors (Lipinski definition) is 3. The van der Waals surface area contributed by atoms with E-state index in [4.69, 9.17) is 4.74 Å². The predicted molar refractivity (Wildman–Crippen MR) is 80.5 cm³/mol. The van der Waals surface area contributed by atoms with Gasteiger partial charge in [0, 0.05) is 31.8 Å². The SMILES string of the molecule is CC(C)CCN(C(C)CNCC1CCCO1)C1CC1. The number of ether oxygens (including phenoxy) is 1. The van der Waals surface area contributed by atoms with Gasteiger partial charge in [0.2, 0.25) is 0 Å². The Kier molecular flexibility index (Phi) is 6.11. The fraction of sp³-hybridized carbons (Fsp3) is 1.00. The summed E-state index contributed by atoms with van der Waals surface area (Å²) in [6.07, 6.45) is 7.10. The van der Waals surface area contributed by atoms with Gasteiger partial charge in [-0.1, -0.05) is 13.8 Å². The summed E-state index contributed by atoms with van der Waals surface area (Å²) in [4.78, 5) is 2.72. The molecule has 0 aromatic carbocycles. The molecule has 0 aromatic heterocycles. The Hall–Kier alpha value is -0.120. The number of nitrogens with zero attached hydrogens (tertiary/aromatic N) is 1. The standard InChI is InChI=1S/C16H32N2O/c1-13(2)8-9-18(15-6-7-15)14(3)11-17-12-16-5-4-10-19-16/h13-17H,4-12H2,1-3H3. The van der Waals surface area contributed by atoms with Crippen molar-refractivity contribution in [3.8, 4) is 0 Å². The van der Waals surface area contributed by atoms with E-state index in [-0.39, 0.29) is 0 Å². The van der Waals surface area contributed by atoms with Crippen molar-refractivity contribution < 1.29 is 4.74 Å². The average molecular weight is 268 g/mol. The Morgan fingerprint density at radius 2 is 2.00 bits per heavy atom. The third-order valence-corrected chi connectivity index (χ3v) is 4.38. The van der Waals surface area contributed by atoms with E-state index in [0.717, 1.165) is 31.7 Å². The lowest BCUT2D eigenvalue weighted by Crippen LogP contribution is -2.44. The maximum absolute atomic E-state index is 5.66. The molecule has 1 saturated heterocycles. The van der Waals surface area contributed by atoms with Gasteiger partial charge in [0.1, 0.15) is 0 Å². The van der Waals surface area contributed by atoms with Crippen LogP contribution in [0.25, 0.3) is 0 Å². The summed E-state index contributed by atoms with van der Waals surface area (Å²) in [6, 6.07) is 1.53. The Morgan fingerprint density at radius 3 is 2.58 bits per heavy atom. The summed E-state index contributed by atoms with van der Waals surface area (Å²) < 4.78 is 5.66. The Bertz CT molecular complexity index is 247. The molecule has 2 atom stereocenters. The van der Waals surface area contributed by atoms with Crippen LogP contribution in [0.15, 0.2) is 0 Å². The van der Waals surface area contributed by atoms with Crippen molar-refractivity contribution >= 4 is 0 Å². The molecule has 0 amide bonds. The molecule has 0 radical (unpaired) electrons. The van der Waals surface area contributed by atoms with Crippen LogP contribution < -0.4 is 5.32 Å². The number of nitrogens with one attached hydrogen (secondary N) is 1. The van der Waals surface area contributed by atoms with Gasteiger partial charge in [0.25, 0.3) is 0 Å². The molecule has 1 N–H and O–H groups in total. The molecule has 3 nitrogen and oxygen atoms in total. The highest BCUT2D eigenvalue weighted by atomic mass is 16.5. The second-order valence-corrected chi connectivity index (χ2v) is 6.79. The van der Waals surface area contributed by atoms with Crippen molar-refractivity contribution in [3.63, 3.8) is 0 Å². The monoisotopic (exact) mass is 268 g/mol. The minimum absolute atomic E-state index is 0.470. The van der Waals surface area contributed by atoms with Crippen LogP contribution in [-0.4, -0.2) is 49.3 Å². The van der Waals surface area contributed by atoms with Crippen LogP contribution in [0.2, 0.25) is 0 Å². The second-order valence-electron chi connectivity index (χ2n) is 6.79. The summed E-state index contributed by atoms with van der Waals surface area (Å²) in [5.41, 5.74) is 0. The molecule has 2 unspecified atom stereocenters. The highest BCUT2D eigenvalue weighted by molar-refractivity contribution is 4.88. The predicted octanol–water partition coefficient (Wildman–Crippen LogP) is 2.65. The van der Waals surface area contributed by atoms with Gasteiger partial charge in [-0.3, -0.25) is 4.90 Å². The van der Waals surface area contributed by atoms with Crippen LogP contribution >= 0.6 is 0 Å². The Balaban J connectivity index is 1.64. The quantitative estimate of drug-likeness (QED) is 0.696. The first-order chi connectivity index (χ1) is 9.16. The molecule has 1 heterocycles. The molecule has 112 valence electrons. The van der Waals surface area contributed by atoms with E-state index in [0.29, 0.717) is 12.1 Å². The van der Waals surface area contributed by atoms with E-state index in [2.05, 4.69) is 31.0 Å². The van der Waals surface area contributed by atoms with Gasteiger partial charge in [-0.25, -0.2) is 0 Å². The van der Waals surface area contributed by atoms with Crippen molar-refractivity contribution in [1.82, 2.24) is 10.2 Å². The zero-order valence-electron chi connectivity index (χ0n) is 13.0. The normalized spacial score (nSPS) is 25.4. The topological polar surface area (TPSA) is 24.5 Å². The summed E-state index contributed by atoms with van der Waals surface area (Å²) in [5, 5.41) is 3.61. The third kappa shape index (κ3) is 5.41. The average Bonchev–Trinajstić information content (AvgIpc) is 3.06. The van der Waals surface area contributed by atoms with Crippen molar-refractivity contribution in [2.24, 2.45) is 5.92 Å². The fourth-order valence-electron chi connectivity index (χ4n) is 2.95. The van der Waals surface area contributed by atoms with Gasteiger partial charge in [-0.05, 0) is 51.5 Å². The maximum Gasteiger partial charge on any atom is 0.0700 e. The summed E-state index contributed by atoms with van der Waals surface area (Å²) in [6.45, 7) is 11.4. The summed E-state index contributed by atoms with van der Waals surface area (Å²) >= 11 is 0. The molecular formula is C16H32N2O. The molecule has 1 aliphatic heterocycles. The van der Waals surface area contributed by atoms with Crippen LogP contribution in [0.1, 0.15) is 52.9 Å². The van der Waals surface area contributed by atoms with Gasteiger partial charge in [-0.15, -0.1) is 0 Å². The third-order valence-electron chi connectivity index (χ3n) is 4.38. The minimum atomic E-state index is 0.470. The summed E-state index contributed by atoms with van der Waals surface area (Å²) in [5.74, 6) is 0.813. The number of hydrogen-bond donors (Lipinski definition) is 1. The highest BCUT2D eigenvalue weighted by Crippen LogP contribution is 2.29. The molecule has 2 rings (SSSR count). The zero-order valence-corrected chi connectivity index (χ0v) is 13.0. The van der Waals surface area contributed by atoms with Gasteiger partial charge in [0.15, 0.2) is 0 Å². The minimum Gasteiger partial charge on any atom is -0.377 e. The van der Waals surface area contributed by atoms with Crippen molar-refractivity contribution in [3.05, 3.63) is 0 Å². The van der Waals surface area contributed by atoms with E-state index in [1.807, 2.05) is 0 Å². The van der Waals surface area contributed by atoms with Crippen LogP contribution in [0.4, 0.5) is 0 Å². The van der Waals surface area contributed by atoms with Gasteiger partial charge in [0.05, 0.1) is 6.10 Å². The molecule has 1 saturated carbocycles. The van der Waals surface area contributed by atoms with Crippen molar-refractivity contribution in [2.45, 2.75) is 71.1 Å². The lowest BCUT2D eigenvalue weighted by molar-refractivity contribution is 0.106. The molecule has 0 spiro atoms. The first kappa shape index (κ1) is 15.3.